The van der Waals surface area contributed by atoms with Gasteiger partial charge < -0.3 is 14.2 Å². The number of hydrogen-bond acceptors (Lipinski definition) is 5. The Hall–Kier alpha value is -0.690. The number of nitrogens with two attached hydrogens (primary N) is 1. The Kier molecular flexibility index (Phi) is 11.8. The van der Waals surface area contributed by atoms with E-state index in [1.54, 1.807) is 7.11 Å². The lowest BCUT2D eigenvalue weighted by atomic mass is 10.2. The quantitative estimate of drug-likeness (QED) is 0.224. The van der Waals surface area contributed by atoms with Crippen molar-refractivity contribution in [2.45, 2.75) is 19.3 Å². The summed E-state index contributed by atoms with van der Waals surface area (Å²) in [7, 11) is 1.64. The number of unbranched alkanes of at least 4 members (excludes halogenated alkanes) is 1. The van der Waals surface area contributed by atoms with Crippen LogP contribution < -0.4 is 11.3 Å². The minimum absolute atomic E-state index is 0.136. The Morgan fingerprint density at radius 1 is 1.06 bits per heavy atom. The van der Waals surface area contributed by atoms with Crippen LogP contribution in [0.3, 0.4) is 0 Å². The first kappa shape index (κ1) is 15.3. The fourth-order valence-electron chi connectivity index (χ4n) is 1.03. The van der Waals surface area contributed by atoms with Gasteiger partial charge in [-0.25, -0.2) is 5.84 Å². The zero-order valence-electron chi connectivity index (χ0n) is 9.87. The highest BCUT2D eigenvalue weighted by Gasteiger charge is 1.97. The van der Waals surface area contributed by atoms with Crippen molar-refractivity contribution in [1.29, 1.82) is 0 Å². The summed E-state index contributed by atoms with van der Waals surface area (Å²) in [6.07, 6.45) is 2.09. The summed E-state index contributed by atoms with van der Waals surface area (Å²) in [5, 5.41) is 0. The van der Waals surface area contributed by atoms with Gasteiger partial charge in [-0.05, 0) is 12.8 Å². The largest absolute Gasteiger partial charge is 0.382 e. The summed E-state index contributed by atoms with van der Waals surface area (Å²) in [6, 6.07) is 0. The van der Waals surface area contributed by atoms with Crippen LogP contribution in [0.1, 0.15) is 19.3 Å². The number of methoxy groups -OCH3 is 1. The number of hydrogen-bond donors (Lipinski definition) is 2. The summed E-state index contributed by atoms with van der Waals surface area (Å²) >= 11 is 0. The molecule has 0 saturated carbocycles. The van der Waals surface area contributed by atoms with Crippen molar-refractivity contribution in [3.05, 3.63) is 0 Å². The number of amides is 1. The van der Waals surface area contributed by atoms with Crippen LogP contribution in [-0.2, 0) is 19.0 Å². The van der Waals surface area contributed by atoms with Gasteiger partial charge in [-0.3, -0.25) is 10.2 Å². The van der Waals surface area contributed by atoms with Gasteiger partial charge in [0.15, 0.2) is 0 Å². The van der Waals surface area contributed by atoms with Crippen molar-refractivity contribution in [2.24, 2.45) is 5.84 Å². The number of nitrogens with one attached hydrogen (secondary N) is 1. The number of rotatable bonds is 11. The van der Waals surface area contributed by atoms with Crippen molar-refractivity contribution >= 4 is 5.91 Å². The third-order valence-corrected chi connectivity index (χ3v) is 1.91. The molecule has 6 nitrogen and oxygen atoms in total. The fraction of sp³-hybridized carbons (Fsp3) is 0.900. The van der Waals surface area contributed by atoms with E-state index in [2.05, 4.69) is 5.43 Å². The van der Waals surface area contributed by atoms with Crippen molar-refractivity contribution in [3.63, 3.8) is 0 Å². The second-order valence-corrected chi connectivity index (χ2v) is 3.24. The Morgan fingerprint density at radius 2 is 1.69 bits per heavy atom. The van der Waals surface area contributed by atoms with E-state index >= 15 is 0 Å². The van der Waals surface area contributed by atoms with Crippen LogP contribution >= 0.6 is 0 Å². The zero-order valence-corrected chi connectivity index (χ0v) is 9.87. The molecule has 0 aromatic carbocycles. The SMILES string of the molecule is COCCOCCOCCCCC(=O)NN. The molecule has 0 spiro atoms. The van der Waals surface area contributed by atoms with Crippen molar-refractivity contribution in [3.8, 4) is 0 Å². The van der Waals surface area contributed by atoms with E-state index in [0.717, 1.165) is 12.8 Å². The summed E-state index contributed by atoms with van der Waals surface area (Å²) < 4.78 is 15.3. The first-order chi connectivity index (χ1) is 7.81. The smallest absolute Gasteiger partial charge is 0.233 e. The van der Waals surface area contributed by atoms with Crippen LogP contribution in [0.5, 0.6) is 0 Å². The molecule has 0 bridgehead atoms. The highest BCUT2D eigenvalue weighted by Crippen LogP contribution is 1.95. The fourth-order valence-corrected chi connectivity index (χ4v) is 1.03. The molecule has 0 aromatic heterocycles. The molecule has 0 aliphatic rings. The Balaban J connectivity index is 2.96. The molecule has 0 atom stereocenters. The van der Waals surface area contributed by atoms with E-state index in [1.807, 2.05) is 0 Å². The molecule has 0 fully saturated rings. The van der Waals surface area contributed by atoms with E-state index in [1.165, 1.54) is 0 Å². The van der Waals surface area contributed by atoms with Gasteiger partial charge in [0, 0.05) is 20.1 Å². The summed E-state index contributed by atoms with van der Waals surface area (Å²) in [6.45, 7) is 3.00. The second kappa shape index (κ2) is 12.4. The predicted molar refractivity (Wildman–Crippen MR) is 59.7 cm³/mol. The maximum atomic E-state index is 10.7. The minimum atomic E-state index is -0.136. The third kappa shape index (κ3) is 11.4. The van der Waals surface area contributed by atoms with Gasteiger partial charge in [0.2, 0.25) is 5.91 Å². The van der Waals surface area contributed by atoms with Gasteiger partial charge in [-0.1, -0.05) is 0 Å². The summed E-state index contributed by atoms with van der Waals surface area (Å²) in [4.78, 5) is 10.7. The Labute approximate surface area is 96.4 Å². The molecule has 6 heteroatoms. The van der Waals surface area contributed by atoms with Gasteiger partial charge in [0.25, 0.3) is 0 Å². The molecule has 1 amide bonds. The molecule has 0 aliphatic carbocycles. The molecule has 3 N–H and O–H groups in total. The number of carbonyl (C=O) groups is 1. The van der Waals surface area contributed by atoms with E-state index in [-0.39, 0.29) is 5.91 Å². The van der Waals surface area contributed by atoms with Crippen LogP contribution in [0.25, 0.3) is 0 Å². The standard InChI is InChI=1S/C10H22N2O4/c1-14-6-7-16-9-8-15-5-3-2-4-10(13)12-11/h2-9,11H2,1H3,(H,12,13). The first-order valence-electron chi connectivity index (χ1n) is 5.45. The monoisotopic (exact) mass is 234 g/mol. The maximum absolute atomic E-state index is 10.7. The van der Waals surface area contributed by atoms with E-state index in [0.29, 0.717) is 39.5 Å². The molecule has 0 aromatic rings. The van der Waals surface area contributed by atoms with E-state index in [9.17, 15) is 4.79 Å². The number of hydrazine groups is 1. The molecule has 0 rings (SSSR count). The van der Waals surface area contributed by atoms with Crippen LogP contribution in [0.2, 0.25) is 0 Å². The van der Waals surface area contributed by atoms with Gasteiger partial charge in [0.1, 0.15) is 0 Å². The molecule has 0 saturated heterocycles. The van der Waals surface area contributed by atoms with Crippen LogP contribution in [0.15, 0.2) is 0 Å². The Morgan fingerprint density at radius 3 is 2.31 bits per heavy atom. The Bertz CT molecular complexity index is 167. The van der Waals surface area contributed by atoms with Crippen molar-refractivity contribution in [2.75, 3.05) is 40.1 Å². The van der Waals surface area contributed by atoms with Crippen molar-refractivity contribution in [1.82, 2.24) is 5.43 Å². The topological polar surface area (TPSA) is 82.8 Å². The normalized spacial score (nSPS) is 10.4. The average Bonchev–Trinajstić information content (AvgIpc) is 2.31. The highest BCUT2D eigenvalue weighted by molar-refractivity contribution is 5.74. The van der Waals surface area contributed by atoms with E-state index < -0.39 is 0 Å². The van der Waals surface area contributed by atoms with Gasteiger partial charge >= 0.3 is 0 Å². The van der Waals surface area contributed by atoms with Crippen LogP contribution in [-0.4, -0.2) is 46.1 Å². The molecular weight excluding hydrogens is 212 g/mol. The van der Waals surface area contributed by atoms with Gasteiger partial charge in [-0.2, -0.15) is 0 Å². The molecular formula is C10H22N2O4. The third-order valence-electron chi connectivity index (χ3n) is 1.91. The van der Waals surface area contributed by atoms with Gasteiger partial charge in [-0.15, -0.1) is 0 Å². The highest BCUT2D eigenvalue weighted by atomic mass is 16.5. The molecule has 0 radical (unpaired) electrons. The number of carbonyl (C=O) groups excluding carboxylic acids is 1. The molecule has 0 unspecified atom stereocenters. The second-order valence-electron chi connectivity index (χ2n) is 3.24. The molecule has 0 aliphatic heterocycles. The lowest BCUT2D eigenvalue weighted by molar-refractivity contribution is -0.121. The predicted octanol–water partition coefficient (Wildman–Crippen LogP) is -0.174. The number of ether oxygens (including phenoxy) is 3. The maximum Gasteiger partial charge on any atom is 0.233 e. The minimum Gasteiger partial charge on any atom is -0.382 e. The van der Waals surface area contributed by atoms with Gasteiger partial charge in [0.05, 0.1) is 26.4 Å². The molecule has 0 heterocycles. The summed E-state index contributed by atoms with van der Waals surface area (Å²) in [5.41, 5.74) is 2.08. The average molecular weight is 234 g/mol. The lowest BCUT2D eigenvalue weighted by Crippen LogP contribution is -2.29. The van der Waals surface area contributed by atoms with Crippen molar-refractivity contribution < 1.29 is 19.0 Å². The lowest BCUT2D eigenvalue weighted by Gasteiger charge is -2.05. The summed E-state index contributed by atoms with van der Waals surface area (Å²) in [5.74, 6) is 4.80. The molecule has 16 heavy (non-hydrogen) atoms. The zero-order chi connectivity index (χ0) is 12.1. The first-order valence-corrected chi connectivity index (χ1v) is 5.45. The van der Waals surface area contributed by atoms with E-state index in [4.69, 9.17) is 20.1 Å². The van der Waals surface area contributed by atoms with Crippen LogP contribution in [0.4, 0.5) is 0 Å². The van der Waals surface area contributed by atoms with Crippen LogP contribution in [0, 0.1) is 0 Å². The molecule has 96 valence electrons.